The summed E-state index contributed by atoms with van der Waals surface area (Å²) in [5.74, 6) is -0.791. The number of aliphatic hydroxyl groups is 1. The Bertz CT molecular complexity index is 974. The highest BCUT2D eigenvalue weighted by Crippen LogP contribution is 2.51. The maximum Gasteiger partial charge on any atom is 0.223 e. The largest absolute Gasteiger partial charge is 0.507 e. The molecular weight excluding hydrogens is 378 g/mol. The average Bonchev–Trinajstić information content (AvgIpc) is 3.04. The van der Waals surface area contributed by atoms with E-state index in [0.29, 0.717) is 36.1 Å². The van der Waals surface area contributed by atoms with Crippen molar-refractivity contribution in [1.29, 1.82) is 0 Å². The number of rotatable bonds is 3. The Hall–Kier alpha value is -3.13. The van der Waals surface area contributed by atoms with E-state index in [1.807, 2.05) is 6.92 Å². The van der Waals surface area contributed by atoms with Crippen molar-refractivity contribution in [3.05, 3.63) is 41.0 Å². The van der Waals surface area contributed by atoms with Gasteiger partial charge in [0.25, 0.3) is 0 Å². The predicted octanol–water partition coefficient (Wildman–Crippen LogP) is 2.23. The van der Waals surface area contributed by atoms with E-state index in [2.05, 4.69) is 0 Å². The fraction of sp³-hybridized carbons (Fsp3) is 0.381. The Morgan fingerprint density at radius 3 is 2.52 bits per heavy atom. The lowest BCUT2D eigenvalue weighted by Gasteiger charge is -2.35. The molecule has 2 aliphatic heterocycles. The van der Waals surface area contributed by atoms with Crippen LogP contribution in [-0.2, 0) is 11.2 Å². The zero-order valence-electron chi connectivity index (χ0n) is 15.9. The van der Waals surface area contributed by atoms with Crippen LogP contribution in [0.15, 0.2) is 24.3 Å². The van der Waals surface area contributed by atoms with Crippen LogP contribution >= 0.6 is 0 Å². The second kappa shape index (κ2) is 7.04. The molecule has 0 bridgehead atoms. The number of ether oxygens (including phenoxy) is 1. The van der Waals surface area contributed by atoms with E-state index in [9.17, 15) is 30.3 Å². The Morgan fingerprint density at radius 2 is 1.83 bits per heavy atom. The summed E-state index contributed by atoms with van der Waals surface area (Å²) in [5, 5.41) is 50.9. The predicted molar refractivity (Wildman–Crippen MR) is 102 cm³/mol. The summed E-state index contributed by atoms with van der Waals surface area (Å²) in [7, 11) is 0. The van der Waals surface area contributed by atoms with Gasteiger partial charge < -0.3 is 35.2 Å². The highest BCUT2D eigenvalue weighted by molar-refractivity contribution is 5.80. The lowest BCUT2D eigenvalue weighted by molar-refractivity contribution is -0.128. The van der Waals surface area contributed by atoms with Crippen molar-refractivity contribution in [2.45, 2.75) is 44.4 Å². The quantitative estimate of drug-likeness (QED) is 0.499. The van der Waals surface area contributed by atoms with Crippen LogP contribution in [0.1, 0.15) is 48.6 Å². The van der Waals surface area contributed by atoms with E-state index < -0.39 is 18.2 Å². The van der Waals surface area contributed by atoms with Crippen LogP contribution < -0.4 is 4.74 Å². The SMILES string of the molecule is CCN1C(=O)CC[C@H]1c1c(O)cc(O)c2c1O[C@H](c1ccc(O)c(O)c1)[C@H](O)C2. The van der Waals surface area contributed by atoms with Crippen LogP contribution in [0.25, 0.3) is 0 Å². The van der Waals surface area contributed by atoms with E-state index in [0.717, 1.165) is 0 Å². The number of likely N-dealkylation sites (tertiary alicyclic amines) is 1. The molecule has 3 atom stereocenters. The van der Waals surface area contributed by atoms with Crippen LogP contribution in [0.5, 0.6) is 28.7 Å². The zero-order chi connectivity index (χ0) is 20.9. The molecular formula is C21H23NO7. The lowest BCUT2D eigenvalue weighted by atomic mass is 9.89. The van der Waals surface area contributed by atoms with Gasteiger partial charge in [-0.3, -0.25) is 4.79 Å². The summed E-state index contributed by atoms with van der Waals surface area (Å²) in [6.45, 7) is 2.32. The van der Waals surface area contributed by atoms with Crippen molar-refractivity contribution in [1.82, 2.24) is 4.90 Å². The third-order valence-electron chi connectivity index (χ3n) is 5.71. The maximum absolute atomic E-state index is 12.2. The first-order valence-corrected chi connectivity index (χ1v) is 9.55. The molecule has 0 aromatic heterocycles. The van der Waals surface area contributed by atoms with Crippen molar-refractivity contribution >= 4 is 5.91 Å². The van der Waals surface area contributed by atoms with Crippen LogP contribution in [0.2, 0.25) is 0 Å². The van der Waals surface area contributed by atoms with E-state index in [-0.39, 0.29) is 41.1 Å². The Labute approximate surface area is 167 Å². The molecule has 0 aliphatic carbocycles. The third kappa shape index (κ3) is 3.09. The van der Waals surface area contributed by atoms with Crippen LogP contribution in [0, 0.1) is 0 Å². The number of phenols is 4. The van der Waals surface area contributed by atoms with Gasteiger partial charge in [-0.1, -0.05) is 6.07 Å². The number of carbonyl (C=O) groups excluding carboxylic acids is 1. The van der Waals surface area contributed by atoms with Gasteiger partial charge in [0.2, 0.25) is 5.91 Å². The Kier molecular flexibility index (Phi) is 4.66. The number of nitrogens with zero attached hydrogens (tertiary/aromatic N) is 1. The number of hydrogen-bond acceptors (Lipinski definition) is 7. The molecule has 4 rings (SSSR count). The van der Waals surface area contributed by atoms with E-state index in [1.165, 1.54) is 24.3 Å². The minimum atomic E-state index is -1.03. The molecule has 0 unspecified atom stereocenters. The van der Waals surface area contributed by atoms with E-state index >= 15 is 0 Å². The van der Waals surface area contributed by atoms with Gasteiger partial charge in [0, 0.05) is 31.0 Å². The van der Waals surface area contributed by atoms with E-state index in [4.69, 9.17) is 4.74 Å². The fourth-order valence-electron chi connectivity index (χ4n) is 4.30. The number of fused-ring (bicyclic) bond motifs is 1. The molecule has 5 N–H and O–H groups in total. The van der Waals surface area contributed by atoms with Gasteiger partial charge in [-0.2, -0.15) is 0 Å². The number of aliphatic hydroxyl groups excluding tert-OH is 1. The van der Waals surface area contributed by atoms with Crippen LogP contribution in [0.4, 0.5) is 0 Å². The maximum atomic E-state index is 12.2. The van der Waals surface area contributed by atoms with Crippen molar-refractivity contribution < 1.29 is 35.1 Å². The first kappa shape index (κ1) is 19.2. The summed E-state index contributed by atoms with van der Waals surface area (Å²) < 4.78 is 6.06. The molecule has 1 fully saturated rings. The average molecular weight is 401 g/mol. The first-order valence-electron chi connectivity index (χ1n) is 9.55. The molecule has 0 saturated carbocycles. The van der Waals surface area contributed by atoms with Crippen molar-refractivity contribution in [2.24, 2.45) is 0 Å². The second-order valence-corrected chi connectivity index (χ2v) is 7.43. The van der Waals surface area contributed by atoms with Gasteiger partial charge in [0.1, 0.15) is 23.4 Å². The minimum Gasteiger partial charge on any atom is -0.507 e. The lowest BCUT2D eigenvalue weighted by Crippen LogP contribution is -2.32. The van der Waals surface area contributed by atoms with Gasteiger partial charge in [0.15, 0.2) is 11.5 Å². The second-order valence-electron chi connectivity index (χ2n) is 7.43. The minimum absolute atomic E-state index is 0.0189. The molecule has 0 radical (unpaired) electrons. The topological polar surface area (TPSA) is 131 Å². The fourth-order valence-corrected chi connectivity index (χ4v) is 4.30. The zero-order valence-corrected chi connectivity index (χ0v) is 15.9. The van der Waals surface area contributed by atoms with E-state index in [1.54, 1.807) is 4.90 Å². The molecule has 2 aromatic rings. The molecule has 2 aliphatic rings. The summed E-state index contributed by atoms with van der Waals surface area (Å²) >= 11 is 0. The van der Waals surface area contributed by atoms with Crippen molar-refractivity contribution in [2.75, 3.05) is 6.54 Å². The summed E-state index contributed by atoms with van der Waals surface area (Å²) in [6, 6.07) is 4.94. The van der Waals surface area contributed by atoms with Gasteiger partial charge >= 0.3 is 0 Å². The monoisotopic (exact) mass is 401 g/mol. The van der Waals surface area contributed by atoms with Gasteiger partial charge in [-0.15, -0.1) is 0 Å². The molecule has 8 heteroatoms. The van der Waals surface area contributed by atoms with Gasteiger partial charge in [-0.05, 0) is 31.0 Å². The highest BCUT2D eigenvalue weighted by Gasteiger charge is 2.40. The molecule has 29 heavy (non-hydrogen) atoms. The van der Waals surface area contributed by atoms with Crippen LogP contribution in [0.3, 0.4) is 0 Å². The third-order valence-corrected chi connectivity index (χ3v) is 5.71. The number of carbonyl (C=O) groups is 1. The Morgan fingerprint density at radius 1 is 1.07 bits per heavy atom. The molecule has 2 aromatic carbocycles. The standard InChI is InChI=1S/C21H23NO7/c1-2-22-12(4-6-18(22)28)19-16(26)9-14(24)11-8-17(27)20(29-21(11)19)10-3-5-13(23)15(25)7-10/h3,5,7,9,12,17,20,23-27H,2,4,6,8H2,1H3/t12-,17+,20+/m0/s1. The summed E-state index contributed by atoms with van der Waals surface area (Å²) in [5.41, 5.74) is 1.20. The van der Waals surface area contributed by atoms with Crippen LogP contribution in [-0.4, -0.2) is 49.0 Å². The molecule has 1 saturated heterocycles. The molecule has 1 amide bonds. The highest BCUT2D eigenvalue weighted by atomic mass is 16.5. The van der Waals surface area contributed by atoms with Crippen molar-refractivity contribution in [3.63, 3.8) is 0 Å². The number of aromatic hydroxyl groups is 4. The molecule has 0 spiro atoms. The number of benzene rings is 2. The van der Waals surface area contributed by atoms with Gasteiger partial charge in [-0.25, -0.2) is 0 Å². The Balaban J connectivity index is 1.81. The van der Waals surface area contributed by atoms with Crippen molar-refractivity contribution in [3.8, 4) is 28.7 Å². The smallest absolute Gasteiger partial charge is 0.223 e. The van der Waals surface area contributed by atoms with Gasteiger partial charge in [0.05, 0.1) is 17.7 Å². The number of amides is 1. The first-order chi connectivity index (χ1) is 13.8. The summed E-state index contributed by atoms with van der Waals surface area (Å²) in [6.07, 6.45) is -0.990. The number of hydrogen-bond donors (Lipinski definition) is 5. The summed E-state index contributed by atoms with van der Waals surface area (Å²) in [4.78, 5) is 13.9. The number of phenolic OH excluding ortho intramolecular Hbond substituents is 4. The molecule has 8 nitrogen and oxygen atoms in total. The molecule has 154 valence electrons. The normalized spacial score (nSPS) is 23.7. The molecule has 2 heterocycles.